The molecule has 4 aliphatic carbocycles. The summed E-state index contributed by atoms with van der Waals surface area (Å²) in [7, 11) is 0. The Balaban J connectivity index is 1.23. The second-order valence-electron chi connectivity index (χ2n) is 9.97. The number of para-hydroxylation sites is 1. The molecule has 0 spiro atoms. The van der Waals surface area contributed by atoms with Gasteiger partial charge in [0.25, 0.3) is 0 Å². The summed E-state index contributed by atoms with van der Waals surface area (Å²) in [6, 6.07) is 6.38. The van der Waals surface area contributed by atoms with Gasteiger partial charge in [-0.1, -0.05) is 30.0 Å². The Morgan fingerprint density at radius 1 is 1.17 bits per heavy atom. The van der Waals surface area contributed by atoms with Gasteiger partial charge in [0.1, 0.15) is 0 Å². The Labute approximate surface area is 182 Å². The third-order valence-electron chi connectivity index (χ3n) is 7.81. The predicted octanol–water partition coefficient (Wildman–Crippen LogP) is 4.09. The van der Waals surface area contributed by atoms with Crippen LogP contribution in [-0.4, -0.2) is 37.9 Å². The highest BCUT2D eigenvalue weighted by Crippen LogP contribution is 2.61. The first-order valence-corrected chi connectivity index (χ1v) is 12.2. The van der Waals surface area contributed by atoms with Crippen molar-refractivity contribution in [3.05, 3.63) is 29.3 Å². The molecule has 1 aromatic heterocycles. The van der Waals surface area contributed by atoms with Crippen molar-refractivity contribution in [2.24, 2.45) is 23.2 Å². The maximum absolute atomic E-state index is 12.8. The third kappa shape index (κ3) is 3.55. The zero-order valence-electron chi connectivity index (χ0n) is 18.1. The van der Waals surface area contributed by atoms with Crippen LogP contribution < -0.4 is 5.32 Å². The summed E-state index contributed by atoms with van der Waals surface area (Å²) in [5, 5.41) is 16.2. The highest BCUT2D eigenvalue weighted by atomic mass is 32.2. The molecular formula is C23H31N5OS. The summed E-state index contributed by atoms with van der Waals surface area (Å²) in [6.07, 6.45) is 8.19. The molecule has 0 aliphatic heterocycles. The quantitative estimate of drug-likeness (QED) is 0.706. The summed E-state index contributed by atoms with van der Waals surface area (Å²) < 4.78 is 1.76. The van der Waals surface area contributed by atoms with E-state index in [1.807, 2.05) is 6.07 Å². The first-order chi connectivity index (χ1) is 14.4. The van der Waals surface area contributed by atoms with Crippen molar-refractivity contribution in [3.63, 3.8) is 0 Å². The van der Waals surface area contributed by atoms with Crippen LogP contribution in [0.4, 0.5) is 0 Å². The minimum Gasteiger partial charge on any atom is -0.352 e. The smallest absolute Gasteiger partial charge is 0.230 e. The summed E-state index contributed by atoms with van der Waals surface area (Å²) in [6.45, 7) is 6.34. The number of aryl methyl sites for hydroxylation is 2. The van der Waals surface area contributed by atoms with Gasteiger partial charge >= 0.3 is 0 Å². The van der Waals surface area contributed by atoms with E-state index in [1.54, 1.807) is 4.68 Å². The number of carbonyl (C=O) groups is 1. The van der Waals surface area contributed by atoms with Gasteiger partial charge < -0.3 is 5.32 Å². The monoisotopic (exact) mass is 425 g/mol. The highest BCUT2D eigenvalue weighted by molar-refractivity contribution is 7.99. The van der Waals surface area contributed by atoms with Crippen LogP contribution in [0.3, 0.4) is 0 Å². The Morgan fingerprint density at radius 3 is 2.37 bits per heavy atom. The predicted molar refractivity (Wildman–Crippen MR) is 118 cm³/mol. The highest BCUT2D eigenvalue weighted by Gasteiger charge is 2.53. The summed E-state index contributed by atoms with van der Waals surface area (Å²) >= 11 is 1.41. The lowest BCUT2D eigenvalue weighted by Crippen LogP contribution is -2.56. The third-order valence-corrected chi connectivity index (χ3v) is 8.73. The average Bonchev–Trinajstić information content (AvgIpc) is 3.13. The van der Waals surface area contributed by atoms with E-state index in [9.17, 15) is 4.79 Å². The van der Waals surface area contributed by atoms with Crippen molar-refractivity contribution in [1.29, 1.82) is 0 Å². The average molecular weight is 426 g/mol. The lowest BCUT2D eigenvalue weighted by molar-refractivity contribution is -0.123. The fraction of sp³-hybridized carbons (Fsp3) is 0.652. The van der Waals surface area contributed by atoms with Crippen molar-refractivity contribution in [2.75, 3.05) is 5.75 Å². The minimum atomic E-state index is 0.0827. The molecule has 160 valence electrons. The van der Waals surface area contributed by atoms with E-state index in [0.717, 1.165) is 34.6 Å². The largest absolute Gasteiger partial charge is 0.352 e. The van der Waals surface area contributed by atoms with E-state index in [-0.39, 0.29) is 11.9 Å². The molecule has 1 atom stereocenters. The number of hydrogen-bond acceptors (Lipinski definition) is 5. The SMILES string of the molecule is Cc1cccc(C)c1-n1nnnc1SCC(=O)N[C@@H](C)C12CC3CC(CC(C3)C1)C2. The maximum Gasteiger partial charge on any atom is 0.230 e. The van der Waals surface area contributed by atoms with Crippen molar-refractivity contribution < 1.29 is 4.79 Å². The molecule has 1 amide bonds. The van der Waals surface area contributed by atoms with Crippen LogP contribution in [-0.2, 0) is 4.79 Å². The number of nitrogens with zero attached hydrogens (tertiary/aromatic N) is 4. The van der Waals surface area contributed by atoms with Gasteiger partial charge in [0.05, 0.1) is 11.4 Å². The van der Waals surface area contributed by atoms with E-state index in [4.69, 9.17) is 0 Å². The fourth-order valence-corrected chi connectivity index (χ4v) is 7.51. The molecule has 1 N–H and O–H groups in total. The molecule has 4 aliphatic rings. The Bertz CT molecular complexity index is 899. The summed E-state index contributed by atoms with van der Waals surface area (Å²) in [5.41, 5.74) is 3.55. The van der Waals surface area contributed by atoms with Crippen molar-refractivity contribution in [2.45, 2.75) is 70.5 Å². The Hall–Kier alpha value is -1.89. The molecule has 0 unspecified atom stereocenters. The van der Waals surface area contributed by atoms with E-state index < -0.39 is 0 Å². The lowest BCUT2D eigenvalue weighted by atomic mass is 9.48. The van der Waals surface area contributed by atoms with E-state index in [0.29, 0.717) is 16.3 Å². The van der Waals surface area contributed by atoms with Crippen molar-refractivity contribution in [1.82, 2.24) is 25.5 Å². The number of tetrazole rings is 1. The normalized spacial score (nSPS) is 30.4. The lowest BCUT2D eigenvalue weighted by Gasteiger charge is -2.59. The minimum absolute atomic E-state index is 0.0827. The zero-order valence-corrected chi connectivity index (χ0v) is 18.9. The van der Waals surface area contributed by atoms with Gasteiger partial charge in [-0.15, -0.1) is 5.10 Å². The topological polar surface area (TPSA) is 72.7 Å². The second-order valence-corrected chi connectivity index (χ2v) is 10.9. The van der Waals surface area contributed by atoms with E-state index >= 15 is 0 Å². The van der Waals surface area contributed by atoms with Gasteiger partial charge in [-0.05, 0) is 104 Å². The van der Waals surface area contributed by atoms with Gasteiger partial charge in [-0.3, -0.25) is 4.79 Å². The standard InChI is InChI=1S/C23H31N5OS/c1-14-5-4-6-15(2)21(14)28-22(25-26-27-28)30-13-20(29)24-16(3)23-10-17-7-18(11-23)9-19(8-17)12-23/h4-6,16-19H,7-13H2,1-3H3,(H,24,29)/t16-,17?,18?,19?,23?/m0/s1. The number of thioether (sulfide) groups is 1. The molecule has 0 saturated heterocycles. The maximum atomic E-state index is 12.8. The van der Waals surface area contributed by atoms with Crippen LogP contribution in [0.25, 0.3) is 5.69 Å². The van der Waals surface area contributed by atoms with Crippen LogP contribution in [0.5, 0.6) is 0 Å². The Morgan fingerprint density at radius 2 is 1.77 bits per heavy atom. The molecule has 4 fully saturated rings. The number of amides is 1. The summed E-state index contributed by atoms with van der Waals surface area (Å²) in [5.74, 6) is 3.10. The molecular weight excluding hydrogens is 394 g/mol. The van der Waals surface area contributed by atoms with E-state index in [1.165, 1.54) is 50.3 Å². The molecule has 7 heteroatoms. The number of carbonyl (C=O) groups excluding carboxylic acids is 1. The van der Waals surface area contributed by atoms with Crippen LogP contribution in [0, 0.1) is 37.0 Å². The van der Waals surface area contributed by atoms with Gasteiger partial charge in [0.2, 0.25) is 11.1 Å². The van der Waals surface area contributed by atoms with Crippen LogP contribution >= 0.6 is 11.8 Å². The number of benzene rings is 1. The summed E-state index contributed by atoms with van der Waals surface area (Å²) in [4.78, 5) is 12.8. The van der Waals surface area contributed by atoms with Crippen LogP contribution in [0.1, 0.15) is 56.6 Å². The molecule has 4 bridgehead atoms. The van der Waals surface area contributed by atoms with Crippen LogP contribution in [0.15, 0.2) is 23.4 Å². The number of hydrogen-bond donors (Lipinski definition) is 1. The van der Waals surface area contributed by atoms with Crippen LogP contribution in [0.2, 0.25) is 0 Å². The van der Waals surface area contributed by atoms with Gasteiger partial charge in [-0.25, -0.2) is 0 Å². The molecule has 1 heterocycles. The van der Waals surface area contributed by atoms with Crippen molar-refractivity contribution in [3.8, 4) is 5.69 Å². The molecule has 2 aromatic rings. The van der Waals surface area contributed by atoms with Crippen molar-refractivity contribution >= 4 is 17.7 Å². The van der Waals surface area contributed by atoms with Gasteiger partial charge in [0, 0.05) is 6.04 Å². The zero-order chi connectivity index (χ0) is 20.9. The number of nitrogens with one attached hydrogen (secondary N) is 1. The first kappa shape index (κ1) is 20.0. The molecule has 6 nitrogen and oxygen atoms in total. The molecule has 1 aromatic carbocycles. The fourth-order valence-electron chi connectivity index (χ4n) is 6.82. The molecule has 30 heavy (non-hydrogen) atoms. The van der Waals surface area contributed by atoms with E-state index in [2.05, 4.69) is 53.7 Å². The molecule has 6 rings (SSSR count). The van der Waals surface area contributed by atoms with Gasteiger partial charge in [-0.2, -0.15) is 4.68 Å². The number of rotatable bonds is 6. The second kappa shape index (κ2) is 7.66. The number of aromatic nitrogens is 4. The molecule has 0 radical (unpaired) electrons. The van der Waals surface area contributed by atoms with Gasteiger partial charge in [0.15, 0.2) is 0 Å². The first-order valence-electron chi connectivity index (χ1n) is 11.2. The molecule has 4 saturated carbocycles. The Kier molecular flexibility index (Phi) is 5.12.